The van der Waals surface area contributed by atoms with E-state index in [2.05, 4.69) is 19.9 Å². The normalized spacial score (nSPS) is 11.8. The van der Waals surface area contributed by atoms with Gasteiger partial charge in [-0.05, 0) is 66.7 Å². The van der Waals surface area contributed by atoms with Gasteiger partial charge in [-0.1, -0.05) is 0 Å². The molecule has 19 heteroatoms. The average molecular weight is 770 g/mol. The number of rotatable bonds is 6. The SMILES string of the molecule is O=[N+]([O-])c1ccc(F)c(-c2c3nc(c4ccc([nH]4)c(-c4c(F)ccc([N+](=O)[O-])c4F)c4ccc([nH]4)c(-c4c(F)ccc([N+](=O)[O-])c4F)c4ccc2[nH]4)C=C3)c1F. The van der Waals surface area contributed by atoms with Crippen LogP contribution >= 0.6 is 0 Å². The lowest BCUT2D eigenvalue weighted by atomic mass is 10.0. The molecule has 0 fully saturated rings. The Morgan fingerprint density at radius 1 is 0.393 bits per heavy atom. The van der Waals surface area contributed by atoms with Gasteiger partial charge in [0, 0.05) is 62.5 Å². The van der Waals surface area contributed by atoms with Gasteiger partial charge in [0.15, 0.2) is 0 Å². The van der Waals surface area contributed by atoms with Crippen LogP contribution in [0, 0.1) is 65.2 Å². The van der Waals surface area contributed by atoms with E-state index in [-0.39, 0.29) is 55.6 Å². The molecule has 0 atom stereocenters. The minimum Gasteiger partial charge on any atom is -0.354 e. The average Bonchev–Trinajstić information content (AvgIpc) is 3.97. The third-order valence-electron chi connectivity index (χ3n) is 9.13. The highest BCUT2D eigenvalue weighted by atomic mass is 19.2. The Hall–Kier alpha value is -7.83. The number of nitrogens with zero attached hydrogens (tertiary/aromatic N) is 4. The van der Waals surface area contributed by atoms with Crippen molar-refractivity contribution in [3.63, 3.8) is 0 Å². The minimum absolute atomic E-state index is 0.0677. The van der Waals surface area contributed by atoms with E-state index in [0.717, 1.165) is 0 Å². The summed E-state index contributed by atoms with van der Waals surface area (Å²) < 4.78 is 95.2. The van der Waals surface area contributed by atoms with E-state index >= 15 is 26.3 Å². The van der Waals surface area contributed by atoms with Crippen molar-refractivity contribution in [2.75, 3.05) is 0 Å². The van der Waals surface area contributed by atoms with Crippen LogP contribution in [0.3, 0.4) is 0 Å². The molecule has 0 saturated carbocycles. The standard InChI is InChI=1S/C37H17F6N7O6/c38-15-1-12-26(48(51)52)35(41)29(15)32-20-6-4-18(44-20)19-5-7-21(45-19)33(30-16(39)2-13-27(36(30)42)49(53)54)23-9-11-25(47-23)34(24-10-8-22(32)46-24)31-17(40)3-14-28(37(31)43)50(55)56/h1-14,44,46-47H. The lowest BCUT2D eigenvalue weighted by Crippen LogP contribution is -1.99. The van der Waals surface area contributed by atoms with Crippen LogP contribution in [-0.4, -0.2) is 34.7 Å². The molecule has 0 saturated heterocycles. The smallest absolute Gasteiger partial charge is 0.305 e. The summed E-state index contributed by atoms with van der Waals surface area (Å²) in [7, 11) is 0. The largest absolute Gasteiger partial charge is 0.354 e. The molecule has 278 valence electrons. The summed E-state index contributed by atoms with van der Waals surface area (Å²) in [5.41, 5.74) is -8.11. The van der Waals surface area contributed by atoms with Gasteiger partial charge in [-0.25, -0.2) is 18.2 Å². The molecule has 7 aromatic rings. The summed E-state index contributed by atoms with van der Waals surface area (Å²) in [5, 5.41) is 35.2. The van der Waals surface area contributed by atoms with Crippen molar-refractivity contribution in [1.29, 1.82) is 0 Å². The van der Waals surface area contributed by atoms with Crippen LogP contribution in [0.4, 0.5) is 43.4 Å². The van der Waals surface area contributed by atoms with Gasteiger partial charge in [-0.3, -0.25) is 30.3 Å². The van der Waals surface area contributed by atoms with Gasteiger partial charge in [0.2, 0.25) is 17.5 Å². The zero-order valence-electron chi connectivity index (χ0n) is 27.6. The predicted octanol–water partition coefficient (Wildman–Crippen LogP) is 10.3. The van der Waals surface area contributed by atoms with Gasteiger partial charge in [0.05, 0.1) is 48.4 Å². The highest BCUT2D eigenvalue weighted by Gasteiger charge is 2.29. The highest BCUT2D eigenvalue weighted by molar-refractivity contribution is 6.01. The number of benzene rings is 3. The first-order valence-corrected chi connectivity index (χ1v) is 16.0. The molecule has 4 aromatic heterocycles. The Kier molecular flexibility index (Phi) is 8.13. The van der Waals surface area contributed by atoms with Gasteiger partial charge in [-0.15, -0.1) is 0 Å². The van der Waals surface area contributed by atoms with Crippen molar-refractivity contribution in [2.24, 2.45) is 0 Å². The number of H-pyrrole nitrogens is 3. The van der Waals surface area contributed by atoms with Crippen LogP contribution in [0.15, 0.2) is 72.8 Å². The van der Waals surface area contributed by atoms with Crippen LogP contribution in [0.5, 0.6) is 0 Å². The van der Waals surface area contributed by atoms with Crippen molar-refractivity contribution in [3.8, 4) is 33.4 Å². The van der Waals surface area contributed by atoms with Crippen LogP contribution in [0.1, 0.15) is 11.4 Å². The molecule has 56 heavy (non-hydrogen) atoms. The summed E-state index contributed by atoms with van der Waals surface area (Å²) in [5.74, 6) is -8.61. The van der Waals surface area contributed by atoms with E-state index < -0.39 is 89.0 Å². The van der Waals surface area contributed by atoms with Crippen molar-refractivity contribution < 1.29 is 41.1 Å². The molecule has 13 nitrogen and oxygen atoms in total. The fraction of sp³-hybridized carbons (Fsp3) is 0. The molecule has 3 aromatic carbocycles. The molecule has 0 amide bonds. The molecule has 0 spiro atoms. The summed E-state index contributed by atoms with van der Waals surface area (Å²) in [4.78, 5) is 45.1. The second kappa shape index (κ2) is 12.9. The molecule has 3 N–H and O–H groups in total. The van der Waals surface area contributed by atoms with Crippen LogP contribution in [-0.2, 0) is 0 Å². The summed E-state index contributed by atoms with van der Waals surface area (Å²) >= 11 is 0. The van der Waals surface area contributed by atoms with E-state index in [9.17, 15) is 30.3 Å². The van der Waals surface area contributed by atoms with E-state index in [0.29, 0.717) is 36.4 Å². The van der Waals surface area contributed by atoms with Gasteiger partial charge >= 0.3 is 17.1 Å². The van der Waals surface area contributed by atoms with Crippen molar-refractivity contribution in [1.82, 2.24) is 19.9 Å². The molecule has 5 heterocycles. The first kappa shape index (κ1) is 35.2. The zero-order chi connectivity index (χ0) is 39.7. The molecular weight excluding hydrogens is 752 g/mol. The Bertz CT molecular complexity index is 3060. The van der Waals surface area contributed by atoms with Gasteiger partial charge in [0.1, 0.15) is 17.5 Å². The van der Waals surface area contributed by atoms with Gasteiger partial charge in [-0.2, -0.15) is 13.2 Å². The maximum atomic E-state index is 16.1. The zero-order valence-corrected chi connectivity index (χ0v) is 27.6. The van der Waals surface area contributed by atoms with Crippen molar-refractivity contribution in [2.45, 2.75) is 0 Å². The Labute approximate surface area is 306 Å². The fourth-order valence-electron chi connectivity index (χ4n) is 6.68. The van der Waals surface area contributed by atoms with Gasteiger partial charge < -0.3 is 15.0 Å². The van der Waals surface area contributed by atoms with Crippen LogP contribution in [0.2, 0.25) is 0 Å². The third-order valence-corrected chi connectivity index (χ3v) is 9.13. The lowest BCUT2D eigenvalue weighted by molar-refractivity contribution is -0.387. The van der Waals surface area contributed by atoms with E-state index in [1.54, 1.807) is 0 Å². The molecule has 1 aliphatic rings. The quantitative estimate of drug-likeness (QED) is 0.0851. The first-order chi connectivity index (χ1) is 26.7. The number of aromatic nitrogens is 4. The van der Waals surface area contributed by atoms with Crippen molar-refractivity contribution in [3.05, 3.63) is 149 Å². The fourth-order valence-corrected chi connectivity index (χ4v) is 6.68. The maximum Gasteiger partial charge on any atom is 0.305 e. The molecule has 8 rings (SSSR count). The van der Waals surface area contributed by atoms with Crippen molar-refractivity contribution >= 4 is 62.3 Å². The molecule has 8 bridgehead atoms. The molecule has 0 unspecified atom stereocenters. The molecular formula is C37H17F6N7O6. The summed E-state index contributed by atoms with van der Waals surface area (Å²) in [6, 6.07) is 11.4. The van der Waals surface area contributed by atoms with E-state index in [1.807, 2.05) is 0 Å². The molecule has 0 aliphatic carbocycles. The second-order valence-corrected chi connectivity index (χ2v) is 12.2. The molecule has 1 aliphatic heterocycles. The Balaban J connectivity index is 1.62. The maximum absolute atomic E-state index is 16.1. The second-order valence-electron chi connectivity index (χ2n) is 12.2. The third kappa shape index (κ3) is 5.48. The van der Waals surface area contributed by atoms with Crippen LogP contribution in [0.25, 0.3) is 78.6 Å². The number of nitro groups is 3. The Morgan fingerprint density at radius 3 is 1.07 bits per heavy atom. The predicted molar refractivity (Wildman–Crippen MR) is 191 cm³/mol. The number of nitro benzene ring substituents is 3. The Morgan fingerprint density at radius 2 is 0.696 bits per heavy atom. The first-order valence-electron chi connectivity index (χ1n) is 16.0. The number of aromatic amines is 3. The lowest BCUT2D eigenvalue weighted by Gasteiger charge is -2.09. The number of fused-ring (bicyclic) bond motifs is 9. The monoisotopic (exact) mass is 769 g/mol. The number of halogens is 6. The van der Waals surface area contributed by atoms with E-state index in [1.165, 1.54) is 48.6 Å². The number of nitrogens with one attached hydrogen (secondary N) is 3. The van der Waals surface area contributed by atoms with E-state index in [4.69, 9.17) is 0 Å². The summed E-state index contributed by atoms with van der Waals surface area (Å²) in [6.45, 7) is 0. The number of hydrogen-bond acceptors (Lipinski definition) is 7. The highest BCUT2D eigenvalue weighted by Crippen LogP contribution is 2.42. The molecule has 0 radical (unpaired) electrons. The summed E-state index contributed by atoms with van der Waals surface area (Å²) in [6.07, 6.45) is 2.70. The topological polar surface area (TPSA) is 190 Å². The number of hydrogen-bond donors (Lipinski definition) is 3. The van der Waals surface area contributed by atoms with Gasteiger partial charge in [0.25, 0.3) is 0 Å². The van der Waals surface area contributed by atoms with Crippen LogP contribution < -0.4 is 0 Å². The minimum atomic E-state index is -1.65.